The highest BCUT2D eigenvalue weighted by molar-refractivity contribution is 5.74. The first-order chi connectivity index (χ1) is 12.9. The topological polar surface area (TPSA) is 35.6 Å². The number of amides is 2. The normalized spacial score (nSPS) is 20.3. The highest BCUT2D eigenvalue weighted by Crippen LogP contribution is 2.23. The molecular formula is C23H37N3O. The third-order valence-electron chi connectivity index (χ3n) is 6.03. The summed E-state index contributed by atoms with van der Waals surface area (Å²) in [5, 5.41) is 3.27. The van der Waals surface area contributed by atoms with Crippen LogP contribution >= 0.6 is 0 Å². The maximum absolute atomic E-state index is 12.6. The van der Waals surface area contributed by atoms with Crippen LogP contribution in [0.2, 0.25) is 0 Å². The fourth-order valence-electron chi connectivity index (χ4n) is 4.21. The van der Waals surface area contributed by atoms with E-state index in [1.165, 1.54) is 30.4 Å². The molecule has 4 heteroatoms. The Balaban J connectivity index is 1.48. The molecule has 2 aliphatic rings. The number of hydrogen-bond donors (Lipinski definition) is 1. The minimum absolute atomic E-state index is 0.151. The van der Waals surface area contributed by atoms with Gasteiger partial charge in [0.25, 0.3) is 0 Å². The summed E-state index contributed by atoms with van der Waals surface area (Å²) in [6.45, 7) is 11.5. The number of nitrogens with one attached hydrogen (secondary N) is 1. The van der Waals surface area contributed by atoms with Crippen LogP contribution in [0.15, 0.2) is 24.3 Å². The molecule has 0 bridgehead atoms. The second-order valence-corrected chi connectivity index (χ2v) is 9.35. The van der Waals surface area contributed by atoms with E-state index in [9.17, 15) is 4.79 Å². The highest BCUT2D eigenvalue weighted by atomic mass is 16.2. The summed E-state index contributed by atoms with van der Waals surface area (Å²) in [6, 6.07) is 9.59. The maximum atomic E-state index is 12.6. The second kappa shape index (κ2) is 9.09. The summed E-state index contributed by atoms with van der Waals surface area (Å²) in [5.41, 5.74) is 2.95. The standard InChI is InChI=1S/C23H37N3O/c1-23(2,3)20-12-10-19(11-13-20)18-25-14-7-15-26(17-16-25)22(27)24-21-8-5-4-6-9-21/h10-13,21H,4-9,14-18H2,1-3H3,(H,24,27). The van der Waals surface area contributed by atoms with Crippen molar-refractivity contribution in [1.29, 1.82) is 0 Å². The van der Waals surface area contributed by atoms with Crippen LogP contribution in [-0.2, 0) is 12.0 Å². The van der Waals surface area contributed by atoms with Crippen LogP contribution in [-0.4, -0.2) is 48.1 Å². The molecule has 1 N–H and O–H groups in total. The van der Waals surface area contributed by atoms with Crippen LogP contribution in [0.4, 0.5) is 4.79 Å². The second-order valence-electron chi connectivity index (χ2n) is 9.35. The Morgan fingerprint density at radius 3 is 2.33 bits per heavy atom. The molecule has 0 radical (unpaired) electrons. The first kappa shape index (κ1) is 20.2. The third-order valence-corrected chi connectivity index (χ3v) is 6.03. The summed E-state index contributed by atoms with van der Waals surface area (Å²) in [4.78, 5) is 17.1. The van der Waals surface area contributed by atoms with Crippen molar-refractivity contribution in [3.05, 3.63) is 35.4 Å². The van der Waals surface area contributed by atoms with Crippen LogP contribution < -0.4 is 5.32 Å². The maximum Gasteiger partial charge on any atom is 0.317 e. The quantitative estimate of drug-likeness (QED) is 0.847. The minimum atomic E-state index is 0.151. The summed E-state index contributed by atoms with van der Waals surface area (Å²) >= 11 is 0. The lowest BCUT2D eigenvalue weighted by atomic mass is 9.87. The van der Waals surface area contributed by atoms with Gasteiger partial charge in [-0.2, -0.15) is 0 Å². The van der Waals surface area contributed by atoms with Gasteiger partial charge in [0.2, 0.25) is 0 Å². The smallest absolute Gasteiger partial charge is 0.317 e. The zero-order valence-electron chi connectivity index (χ0n) is 17.5. The van der Waals surface area contributed by atoms with Crippen molar-refractivity contribution in [2.45, 2.75) is 77.3 Å². The summed E-state index contributed by atoms with van der Waals surface area (Å²) in [6.07, 6.45) is 7.19. The Hall–Kier alpha value is -1.55. The molecule has 0 spiro atoms. The van der Waals surface area contributed by atoms with E-state index in [-0.39, 0.29) is 11.4 Å². The van der Waals surface area contributed by atoms with Gasteiger partial charge in [0, 0.05) is 38.8 Å². The van der Waals surface area contributed by atoms with E-state index in [4.69, 9.17) is 0 Å². The average Bonchev–Trinajstić information content (AvgIpc) is 2.88. The lowest BCUT2D eigenvalue weighted by Crippen LogP contribution is -2.46. The van der Waals surface area contributed by atoms with Crippen molar-refractivity contribution < 1.29 is 4.79 Å². The van der Waals surface area contributed by atoms with Crippen molar-refractivity contribution in [3.63, 3.8) is 0 Å². The molecule has 1 aromatic carbocycles. The molecule has 2 amide bonds. The van der Waals surface area contributed by atoms with E-state index in [1.54, 1.807) is 0 Å². The van der Waals surface area contributed by atoms with Crippen molar-refractivity contribution in [2.24, 2.45) is 0 Å². The Bertz CT molecular complexity index is 599. The van der Waals surface area contributed by atoms with E-state index in [0.29, 0.717) is 6.04 Å². The van der Waals surface area contributed by atoms with Gasteiger partial charge in [-0.3, -0.25) is 4.90 Å². The molecule has 4 nitrogen and oxygen atoms in total. The summed E-state index contributed by atoms with van der Waals surface area (Å²) in [7, 11) is 0. The number of carbonyl (C=O) groups is 1. The number of benzene rings is 1. The SMILES string of the molecule is CC(C)(C)c1ccc(CN2CCCN(C(=O)NC3CCCCC3)CC2)cc1. The third kappa shape index (κ3) is 5.97. The fraction of sp³-hybridized carbons (Fsp3) is 0.696. The molecule has 1 saturated heterocycles. The van der Waals surface area contributed by atoms with Gasteiger partial charge in [-0.15, -0.1) is 0 Å². The van der Waals surface area contributed by atoms with Gasteiger partial charge in [-0.25, -0.2) is 4.79 Å². The van der Waals surface area contributed by atoms with Crippen molar-refractivity contribution in [3.8, 4) is 0 Å². The summed E-state index contributed by atoms with van der Waals surface area (Å²) in [5.74, 6) is 0. The number of nitrogens with zero attached hydrogens (tertiary/aromatic N) is 2. The van der Waals surface area contributed by atoms with Gasteiger partial charge in [-0.1, -0.05) is 64.3 Å². The predicted molar refractivity (Wildman–Crippen MR) is 112 cm³/mol. The molecule has 2 fully saturated rings. The molecule has 150 valence electrons. The van der Waals surface area contributed by atoms with Crippen LogP contribution in [0, 0.1) is 0 Å². The van der Waals surface area contributed by atoms with Crippen molar-refractivity contribution in [2.75, 3.05) is 26.2 Å². The Morgan fingerprint density at radius 1 is 0.963 bits per heavy atom. The Kier molecular flexibility index (Phi) is 6.80. The number of hydrogen-bond acceptors (Lipinski definition) is 2. The number of rotatable bonds is 3. The molecule has 1 aromatic rings. The van der Waals surface area contributed by atoms with E-state index < -0.39 is 0 Å². The van der Waals surface area contributed by atoms with Gasteiger partial charge in [0.15, 0.2) is 0 Å². The Labute approximate surface area is 165 Å². The monoisotopic (exact) mass is 371 g/mol. The molecule has 0 atom stereocenters. The molecule has 0 aromatic heterocycles. The van der Waals surface area contributed by atoms with Gasteiger partial charge in [0.05, 0.1) is 0 Å². The molecule has 3 rings (SSSR count). The average molecular weight is 372 g/mol. The predicted octanol–water partition coefficient (Wildman–Crippen LogP) is 4.53. The largest absolute Gasteiger partial charge is 0.335 e. The van der Waals surface area contributed by atoms with Crippen LogP contribution in [0.5, 0.6) is 0 Å². The molecular weight excluding hydrogens is 334 g/mol. The lowest BCUT2D eigenvalue weighted by molar-refractivity contribution is 0.190. The molecule has 1 aliphatic heterocycles. The minimum Gasteiger partial charge on any atom is -0.335 e. The van der Waals surface area contributed by atoms with Crippen LogP contribution in [0.25, 0.3) is 0 Å². The first-order valence-corrected chi connectivity index (χ1v) is 10.8. The molecule has 27 heavy (non-hydrogen) atoms. The van der Waals surface area contributed by atoms with Crippen LogP contribution in [0.3, 0.4) is 0 Å². The molecule has 0 unspecified atom stereocenters. The van der Waals surface area contributed by atoms with Crippen molar-refractivity contribution >= 4 is 6.03 Å². The van der Waals surface area contributed by atoms with Gasteiger partial charge in [0.1, 0.15) is 0 Å². The zero-order chi connectivity index (χ0) is 19.3. The number of urea groups is 1. The van der Waals surface area contributed by atoms with Crippen LogP contribution in [0.1, 0.15) is 70.4 Å². The van der Waals surface area contributed by atoms with Gasteiger partial charge >= 0.3 is 6.03 Å². The van der Waals surface area contributed by atoms with E-state index in [0.717, 1.165) is 52.0 Å². The van der Waals surface area contributed by atoms with Gasteiger partial charge < -0.3 is 10.2 Å². The zero-order valence-corrected chi connectivity index (χ0v) is 17.5. The fourth-order valence-corrected chi connectivity index (χ4v) is 4.21. The van der Waals surface area contributed by atoms with Crippen molar-refractivity contribution in [1.82, 2.24) is 15.1 Å². The highest BCUT2D eigenvalue weighted by Gasteiger charge is 2.22. The van der Waals surface area contributed by atoms with E-state index in [2.05, 4.69) is 55.3 Å². The molecule has 1 saturated carbocycles. The molecule has 1 aliphatic carbocycles. The lowest BCUT2D eigenvalue weighted by Gasteiger charge is -2.27. The molecule has 1 heterocycles. The summed E-state index contributed by atoms with van der Waals surface area (Å²) < 4.78 is 0. The first-order valence-electron chi connectivity index (χ1n) is 10.8. The Morgan fingerprint density at radius 2 is 1.67 bits per heavy atom. The van der Waals surface area contributed by atoms with E-state index in [1.807, 2.05) is 4.90 Å². The number of carbonyl (C=O) groups excluding carboxylic acids is 1. The van der Waals surface area contributed by atoms with Gasteiger partial charge in [-0.05, 0) is 35.8 Å². The van der Waals surface area contributed by atoms with E-state index >= 15 is 0 Å².